The van der Waals surface area contributed by atoms with Gasteiger partial charge >= 0.3 is 0 Å². The van der Waals surface area contributed by atoms with Crippen molar-refractivity contribution >= 4 is 0 Å². The van der Waals surface area contributed by atoms with E-state index in [2.05, 4.69) is 10.2 Å². The van der Waals surface area contributed by atoms with Crippen LogP contribution in [0.4, 0.5) is 4.39 Å². The molecule has 0 saturated carbocycles. The second-order valence-corrected chi connectivity index (χ2v) is 6.65. The predicted molar refractivity (Wildman–Crippen MR) is 98.1 cm³/mol. The SMILES string of the molecule is Fc1ccccc1-c1ccc(CNCC(c2ccco2)N2CCCC2)o1. The van der Waals surface area contributed by atoms with Crippen molar-refractivity contribution in [3.05, 3.63) is 72.1 Å². The van der Waals surface area contributed by atoms with Crippen molar-refractivity contribution in [2.75, 3.05) is 19.6 Å². The lowest BCUT2D eigenvalue weighted by Gasteiger charge is -2.25. The highest BCUT2D eigenvalue weighted by Crippen LogP contribution is 2.26. The zero-order valence-electron chi connectivity index (χ0n) is 14.7. The molecule has 3 aromatic rings. The first-order valence-corrected chi connectivity index (χ1v) is 9.13. The van der Waals surface area contributed by atoms with Crippen LogP contribution in [0.15, 0.2) is 63.6 Å². The maximum absolute atomic E-state index is 13.9. The average Bonchev–Trinajstić information content (AvgIpc) is 3.41. The largest absolute Gasteiger partial charge is 0.468 e. The molecule has 4 rings (SSSR count). The van der Waals surface area contributed by atoms with E-state index >= 15 is 0 Å². The summed E-state index contributed by atoms with van der Waals surface area (Å²) in [5.41, 5.74) is 0.490. The van der Waals surface area contributed by atoms with Crippen LogP contribution in [0.1, 0.15) is 30.4 Å². The van der Waals surface area contributed by atoms with Crippen molar-refractivity contribution in [1.29, 1.82) is 0 Å². The van der Waals surface area contributed by atoms with Crippen molar-refractivity contribution in [2.24, 2.45) is 0 Å². The fraction of sp³-hybridized carbons (Fsp3) is 0.333. The highest BCUT2D eigenvalue weighted by atomic mass is 19.1. The fourth-order valence-electron chi connectivity index (χ4n) is 3.55. The lowest BCUT2D eigenvalue weighted by atomic mass is 10.1. The molecular formula is C21H23FN2O2. The highest BCUT2D eigenvalue weighted by Gasteiger charge is 2.25. The van der Waals surface area contributed by atoms with Crippen molar-refractivity contribution in [3.8, 4) is 11.3 Å². The number of nitrogens with one attached hydrogen (secondary N) is 1. The lowest BCUT2D eigenvalue weighted by Crippen LogP contribution is -2.33. The Balaban J connectivity index is 1.38. The molecule has 0 radical (unpaired) electrons. The summed E-state index contributed by atoms with van der Waals surface area (Å²) in [4.78, 5) is 2.46. The Kier molecular flexibility index (Phi) is 5.18. The molecule has 1 atom stereocenters. The first-order chi connectivity index (χ1) is 12.8. The van der Waals surface area contributed by atoms with Crippen molar-refractivity contribution < 1.29 is 13.2 Å². The van der Waals surface area contributed by atoms with Crippen molar-refractivity contribution in [3.63, 3.8) is 0 Å². The number of benzene rings is 1. The second-order valence-electron chi connectivity index (χ2n) is 6.65. The van der Waals surface area contributed by atoms with Gasteiger partial charge in [-0.1, -0.05) is 12.1 Å². The highest BCUT2D eigenvalue weighted by molar-refractivity contribution is 5.58. The maximum Gasteiger partial charge on any atom is 0.137 e. The normalized spacial score (nSPS) is 16.2. The Morgan fingerprint density at radius 2 is 1.88 bits per heavy atom. The third kappa shape index (κ3) is 3.74. The summed E-state index contributed by atoms with van der Waals surface area (Å²) < 4.78 is 25.3. The molecule has 0 bridgehead atoms. The summed E-state index contributed by atoms with van der Waals surface area (Å²) in [6, 6.07) is 14.6. The van der Waals surface area contributed by atoms with Gasteiger partial charge in [0.15, 0.2) is 0 Å². The van der Waals surface area contributed by atoms with E-state index in [9.17, 15) is 4.39 Å². The Morgan fingerprint density at radius 1 is 1.04 bits per heavy atom. The van der Waals surface area contributed by atoms with Gasteiger partial charge in [-0.3, -0.25) is 4.90 Å². The van der Waals surface area contributed by atoms with Crippen LogP contribution in [0.3, 0.4) is 0 Å². The Labute approximate surface area is 152 Å². The van der Waals surface area contributed by atoms with Gasteiger partial charge < -0.3 is 14.2 Å². The van der Waals surface area contributed by atoms with Gasteiger partial charge in [-0.25, -0.2) is 4.39 Å². The number of furan rings is 2. The van der Waals surface area contributed by atoms with Crippen molar-refractivity contribution in [2.45, 2.75) is 25.4 Å². The Hall–Kier alpha value is -2.37. The van der Waals surface area contributed by atoms with Gasteiger partial charge in [-0.15, -0.1) is 0 Å². The van der Waals surface area contributed by atoms with Crippen LogP contribution in [0.25, 0.3) is 11.3 Å². The second kappa shape index (κ2) is 7.89. The summed E-state index contributed by atoms with van der Waals surface area (Å²) in [5, 5.41) is 3.46. The minimum atomic E-state index is -0.270. The van der Waals surface area contributed by atoms with E-state index in [4.69, 9.17) is 8.83 Å². The van der Waals surface area contributed by atoms with Gasteiger partial charge in [0, 0.05) is 6.54 Å². The molecule has 0 amide bonds. The van der Waals surface area contributed by atoms with Crippen LogP contribution >= 0.6 is 0 Å². The molecule has 1 N–H and O–H groups in total. The zero-order chi connectivity index (χ0) is 17.8. The molecule has 1 fully saturated rings. The quantitative estimate of drug-likeness (QED) is 0.673. The van der Waals surface area contributed by atoms with Crippen LogP contribution < -0.4 is 5.32 Å². The number of nitrogens with zero attached hydrogens (tertiary/aromatic N) is 1. The minimum Gasteiger partial charge on any atom is -0.468 e. The molecule has 1 aliphatic rings. The van der Waals surface area contributed by atoms with E-state index in [-0.39, 0.29) is 11.9 Å². The van der Waals surface area contributed by atoms with E-state index in [0.29, 0.717) is 17.9 Å². The van der Waals surface area contributed by atoms with Gasteiger partial charge in [0.05, 0.1) is 24.4 Å². The van der Waals surface area contributed by atoms with Crippen LogP contribution in [0.5, 0.6) is 0 Å². The molecule has 0 spiro atoms. The number of halogens is 1. The topological polar surface area (TPSA) is 41.6 Å². The number of likely N-dealkylation sites (tertiary alicyclic amines) is 1. The predicted octanol–water partition coefficient (Wildman–Crippen LogP) is 4.61. The van der Waals surface area contributed by atoms with E-state index in [1.807, 2.05) is 30.3 Å². The van der Waals surface area contributed by atoms with Crippen LogP contribution in [-0.2, 0) is 6.54 Å². The molecule has 0 aliphatic carbocycles. The van der Waals surface area contributed by atoms with Gasteiger partial charge in [0.25, 0.3) is 0 Å². The first kappa shape index (κ1) is 17.1. The molecule has 1 unspecified atom stereocenters. The molecule has 4 nitrogen and oxygen atoms in total. The smallest absolute Gasteiger partial charge is 0.137 e. The van der Waals surface area contributed by atoms with Gasteiger partial charge in [0.1, 0.15) is 23.1 Å². The first-order valence-electron chi connectivity index (χ1n) is 9.13. The molecule has 5 heteroatoms. The third-order valence-electron chi connectivity index (χ3n) is 4.89. The summed E-state index contributed by atoms with van der Waals surface area (Å²) in [6.07, 6.45) is 4.20. The van der Waals surface area contributed by atoms with Crippen LogP contribution in [-0.4, -0.2) is 24.5 Å². The lowest BCUT2D eigenvalue weighted by molar-refractivity contribution is 0.208. The summed E-state index contributed by atoms with van der Waals surface area (Å²) in [5.74, 6) is 2.07. The molecule has 136 valence electrons. The van der Waals surface area contributed by atoms with E-state index in [1.54, 1.807) is 18.4 Å². The summed E-state index contributed by atoms with van der Waals surface area (Å²) in [7, 11) is 0. The molecule has 1 aromatic carbocycles. The van der Waals surface area contributed by atoms with Gasteiger partial charge in [0.2, 0.25) is 0 Å². The monoisotopic (exact) mass is 354 g/mol. The van der Waals surface area contributed by atoms with E-state index < -0.39 is 0 Å². The molecule has 2 aromatic heterocycles. The van der Waals surface area contributed by atoms with Gasteiger partial charge in [-0.2, -0.15) is 0 Å². The van der Waals surface area contributed by atoms with Gasteiger partial charge in [-0.05, 0) is 62.3 Å². The van der Waals surface area contributed by atoms with Crippen molar-refractivity contribution in [1.82, 2.24) is 10.2 Å². The minimum absolute atomic E-state index is 0.230. The zero-order valence-corrected chi connectivity index (χ0v) is 14.7. The van der Waals surface area contributed by atoms with E-state index in [1.165, 1.54) is 18.9 Å². The molecule has 26 heavy (non-hydrogen) atoms. The molecule has 1 saturated heterocycles. The number of rotatable bonds is 7. The number of hydrogen-bond acceptors (Lipinski definition) is 4. The van der Waals surface area contributed by atoms with Crippen LogP contribution in [0, 0.1) is 5.82 Å². The fourth-order valence-corrected chi connectivity index (χ4v) is 3.55. The molecule has 1 aliphatic heterocycles. The third-order valence-corrected chi connectivity index (χ3v) is 4.89. The summed E-state index contributed by atoms with van der Waals surface area (Å²) in [6.45, 7) is 3.58. The Bertz CT molecular complexity index is 822. The summed E-state index contributed by atoms with van der Waals surface area (Å²) >= 11 is 0. The Morgan fingerprint density at radius 3 is 2.65 bits per heavy atom. The van der Waals surface area contributed by atoms with E-state index in [0.717, 1.165) is 31.2 Å². The standard InChI is InChI=1S/C21H23FN2O2/c22-18-7-2-1-6-17(18)20-10-9-16(26-20)14-23-15-19(21-8-5-13-25-21)24-11-3-4-12-24/h1-2,5-10,13,19,23H,3-4,11-12,14-15H2. The average molecular weight is 354 g/mol. The molecular weight excluding hydrogens is 331 g/mol. The maximum atomic E-state index is 13.9. The van der Waals surface area contributed by atoms with Crippen LogP contribution in [0.2, 0.25) is 0 Å². The molecule has 3 heterocycles. The number of hydrogen-bond donors (Lipinski definition) is 1.